The molecule has 0 fully saturated rings. The number of hydrogen-bond acceptors (Lipinski definition) is 1. The summed E-state index contributed by atoms with van der Waals surface area (Å²) in [5, 5.41) is 9.64. The Labute approximate surface area is 125 Å². The van der Waals surface area contributed by atoms with Gasteiger partial charge in [0.25, 0.3) is 0 Å². The molecule has 0 aliphatic rings. The molecular formula is C19H31O. The minimum Gasteiger partial charge on any atom is -0.508 e. The van der Waals surface area contributed by atoms with Crippen LogP contribution in [0, 0.1) is 6.42 Å². The number of rotatable bonds is 12. The van der Waals surface area contributed by atoms with Gasteiger partial charge in [0.2, 0.25) is 0 Å². The van der Waals surface area contributed by atoms with Crippen molar-refractivity contribution in [2.75, 3.05) is 0 Å². The van der Waals surface area contributed by atoms with Crippen LogP contribution in [0.1, 0.15) is 83.1 Å². The lowest BCUT2D eigenvalue weighted by Crippen LogP contribution is -1.85. The summed E-state index contributed by atoms with van der Waals surface area (Å²) in [6.45, 7) is 2.27. The van der Waals surface area contributed by atoms with E-state index in [-0.39, 0.29) is 0 Å². The van der Waals surface area contributed by atoms with E-state index in [0.717, 1.165) is 12.0 Å². The Balaban J connectivity index is 1.87. The van der Waals surface area contributed by atoms with Gasteiger partial charge in [-0.05, 0) is 24.5 Å². The molecule has 1 aromatic rings. The number of para-hydroxylation sites is 1. The molecule has 0 saturated carbocycles. The summed E-state index contributed by atoms with van der Waals surface area (Å²) >= 11 is 0. The van der Waals surface area contributed by atoms with Gasteiger partial charge in [0, 0.05) is 0 Å². The van der Waals surface area contributed by atoms with Crippen molar-refractivity contribution in [2.45, 2.75) is 77.6 Å². The summed E-state index contributed by atoms with van der Waals surface area (Å²) in [4.78, 5) is 0. The highest BCUT2D eigenvalue weighted by atomic mass is 16.3. The zero-order chi connectivity index (χ0) is 14.5. The van der Waals surface area contributed by atoms with E-state index in [1.54, 1.807) is 6.07 Å². The van der Waals surface area contributed by atoms with Crippen LogP contribution >= 0.6 is 0 Å². The van der Waals surface area contributed by atoms with Crippen LogP contribution in [0.25, 0.3) is 0 Å². The van der Waals surface area contributed by atoms with Gasteiger partial charge < -0.3 is 5.11 Å². The van der Waals surface area contributed by atoms with Gasteiger partial charge in [0.15, 0.2) is 0 Å². The summed E-state index contributed by atoms with van der Waals surface area (Å²) < 4.78 is 0. The predicted molar refractivity (Wildman–Crippen MR) is 88.0 cm³/mol. The van der Waals surface area contributed by atoms with Gasteiger partial charge in [0.05, 0.1) is 0 Å². The maximum absolute atomic E-state index is 9.64. The van der Waals surface area contributed by atoms with Crippen LogP contribution in [-0.2, 0) is 0 Å². The first-order valence-electron chi connectivity index (χ1n) is 8.45. The average Bonchev–Trinajstić information content (AvgIpc) is 2.46. The number of phenolic OH excluding ortho intramolecular Hbond substituents is 1. The summed E-state index contributed by atoms with van der Waals surface area (Å²) in [5.41, 5.74) is 0.975. The van der Waals surface area contributed by atoms with Gasteiger partial charge in [-0.25, -0.2) is 0 Å². The van der Waals surface area contributed by atoms with E-state index < -0.39 is 0 Å². The lowest BCUT2D eigenvalue weighted by atomic mass is 10.0. The molecular weight excluding hydrogens is 244 g/mol. The fraction of sp³-hybridized carbons (Fsp3) is 0.632. The van der Waals surface area contributed by atoms with Crippen molar-refractivity contribution < 1.29 is 5.11 Å². The minimum absolute atomic E-state index is 0.402. The molecule has 1 rings (SSSR count). The number of unbranched alkanes of at least 4 members (excludes halogenated alkanes) is 10. The van der Waals surface area contributed by atoms with E-state index in [9.17, 15) is 5.11 Å². The first-order chi connectivity index (χ1) is 9.84. The molecule has 0 spiro atoms. The minimum atomic E-state index is 0.402. The van der Waals surface area contributed by atoms with E-state index in [0.29, 0.717) is 5.75 Å². The van der Waals surface area contributed by atoms with Crippen LogP contribution < -0.4 is 0 Å². The van der Waals surface area contributed by atoms with E-state index in [1.165, 1.54) is 64.2 Å². The van der Waals surface area contributed by atoms with Gasteiger partial charge >= 0.3 is 0 Å². The molecule has 0 saturated heterocycles. The lowest BCUT2D eigenvalue weighted by molar-refractivity contribution is 0.471. The summed E-state index contributed by atoms with van der Waals surface area (Å²) in [7, 11) is 0. The van der Waals surface area contributed by atoms with Crippen LogP contribution in [0.4, 0.5) is 0 Å². The second-order valence-electron chi connectivity index (χ2n) is 5.73. The Morgan fingerprint density at radius 2 is 1.35 bits per heavy atom. The first-order valence-corrected chi connectivity index (χ1v) is 8.45. The van der Waals surface area contributed by atoms with Crippen molar-refractivity contribution in [1.29, 1.82) is 0 Å². The molecule has 0 aliphatic carbocycles. The molecule has 0 bridgehead atoms. The highest BCUT2D eigenvalue weighted by Crippen LogP contribution is 2.20. The van der Waals surface area contributed by atoms with Crippen LogP contribution in [-0.4, -0.2) is 5.11 Å². The molecule has 113 valence electrons. The smallest absolute Gasteiger partial charge is 0.119 e. The molecule has 0 aromatic heterocycles. The highest BCUT2D eigenvalue weighted by Gasteiger charge is 1.99. The SMILES string of the molecule is CCCCCCCCCCCC[CH]c1ccccc1O. The van der Waals surface area contributed by atoms with Gasteiger partial charge in [-0.2, -0.15) is 0 Å². The molecule has 1 heteroatoms. The maximum Gasteiger partial charge on any atom is 0.119 e. The number of phenols is 1. The van der Waals surface area contributed by atoms with Gasteiger partial charge in [-0.3, -0.25) is 0 Å². The van der Waals surface area contributed by atoms with E-state index >= 15 is 0 Å². The Bertz CT molecular complexity index is 332. The molecule has 0 amide bonds. The van der Waals surface area contributed by atoms with Crippen molar-refractivity contribution in [3.8, 4) is 5.75 Å². The van der Waals surface area contributed by atoms with E-state index in [4.69, 9.17) is 0 Å². The van der Waals surface area contributed by atoms with Crippen LogP contribution in [0.3, 0.4) is 0 Å². The predicted octanol–water partition coefficient (Wildman–Crippen LogP) is 6.26. The third kappa shape index (κ3) is 8.24. The van der Waals surface area contributed by atoms with E-state index in [1.807, 2.05) is 18.2 Å². The van der Waals surface area contributed by atoms with Gasteiger partial charge in [-0.15, -0.1) is 0 Å². The van der Waals surface area contributed by atoms with Crippen molar-refractivity contribution in [1.82, 2.24) is 0 Å². The molecule has 1 radical (unpaired) electrons. The number of benzene rings is 1. The Kier molecular flexibility index (Phi) is 10.1. The largest absolute Gasteiger partial charge is 0.508 e. The van der Waals surface area contributed by atoms with E-state index in [2.05, 4.69) is 13.3 Å². The van der Waals surface area contributed by atoms with Crippen molar-refractivity contribution in [3.63, 3.8) is 0 Å². The summed E-state index contributed by atoms with van der Waals surface area (Å²) in [6.07, 6.45) is 17.0. The zero-order valence-corrected chi connectivity index (χ0v) is 13.1. The monoisotopic (exact) mass is 275 g/mol. The molecule has 1 aromatic carbocycles. The number of aromatic hydroxyl groups is 1. The van der Waals surface area contributed by atoms with Gasteiger partial charge in [-0.1, -0.05) is 89.3 Å². The fourth-order valence-corrected chi connectivity index (χ4v) is 2.55. The third-order valence-electron chi connectivity index (χ3n) is 3.86. The van der Waals surface area contributed by atoms with Crippen molar-refractivity contribution in [3.05, 3.63) is 36.2 Å². The Morgan fingerprint density at radius 1 is 0.800 bits per heavy atom. The average molecular weight is 275 g/mol. The zero-order valence-electron chi connectivity index (χ0n) is 13.1. The molecule has 1 nitrogen and oxygen atoms in total. The molecule has 0 heterocycles. The molecule has 0 unspecified atom stereocenters. The molecule has 0 aliphatic heterocycles. The standard InChI is InChI=1S/C19H31O/c1-2-3-4-5-6-7-8-9-10-11-12-15-18-16-13-14-17-19(18)20/h13-17,20H,2-12H2,1H3. The van der Waals surface area contributed by atoms with Crippen molar-refractivity contribution >= 4 is 0 Å². The second-order valence-corrected chi connectivity index (χ2v) is 5.73. The van der Waals surface area contributed by atoms with Crippen LogP contribution in [0.15, 0.2) is 24.3 Å². The van der Waals surface area contributed by atoms with Crippen LogP contribution in [0.2, 0.25) is 0 Å². The molecule has 0 atom stereocenters. The maximum atomic E-state index is 9.64. The first kappa shape index (κ1) is 17.1. The van der Waals surface area contributed by atoms with Gasteiger partial charge in [0.1, 0.15) is 5.75 Å². The summed E-state index contributed by atoms with van der Waals surface area (Å²) in [5.74, 6) is 0.402. The Hall–Kier alpha value is -0.980. The van der Waals surface area contributed by atoms with Crippen LogP contribution in [0.5, 0.6) is 5.75 Å². The Morgan fingerprint density at radius 3 is 1.95 bits per heavy atom. The number of hydrogen-bond donors (Lipinski definition) is 1. The third-order valence-corrected chi connectivity index (χ3v) is 3.86. The molecule has 1 N–H and O–H groups in total. The normalized spacial score (nSPS) is 10.8. The lowest BCUT2D eigenvalue weighted by Gasteiger charge is -2.04. The fourth-order valence-electron chi connectivity index (χ4n) is 2.55. The topological polar surface area (TPSA) is 20.2 Å². The highest BCUT2D eigenvalue weighted by molar-refractivity contribution is 5.36. The summed E-state index contributed by atoms with van der Waals surface area (Å²) in [6, 6.07) is 7.58. The second kappa shape index (κ2) is 11.8. The van der Waals surface area contributed by atoms with Crippen molar-refractivity contribution in [2.24, 2.45) is 0 Å². The molecule has 20 heavy (non-hydrogen) atoms. The quantitative estimate of drug-likeness (QED) is 0.447.